The molecular formula is C14H25NO3. The second-order valence-corrected chi connectivity index (χ2v) is 5.93. The summed E-state index contributed by atoms with van der Waals surface area (Å²) < 4.78 is 5.23. The van der Waals surface area contributed by atoms with Gasteiger partial charge < -0.3 is 9.64 Å². The van der Waals surface area contributed by atoms with E-state index in [1.54, 1.807) is 4.90 Å². The van der Waals surface area contributed by atoms with Crippen LogP contribution in [0.3, 0.4) is 0 Å². The number of amides is 1. The minimum atomic E-state index is -0.438. The molecular weight excluding hydrogens is 230 g/mol. The number of hydrogen-bond acceptors (Lipinski definition) is 3. The van der Waals surface area contributed by atoms with Crippen molar-refractivity contribution >= 4 is 11.9 Å². The first-order valence-electron chi connectivity index (χ1n) is 6.85. The van der Waals surface area contributed by atoms with Crippen LogP contribution in [-0.4, -0.2) is 36.0 Å². The van der Waals surface area contributed by atoms with Crippen LogP contribution in [0.2, 0.25) is 0 Å². The lowest BCUT2D eigenvalue weighted by Crippen LogP contribution is -2.46. The van der Waals surface area contributed by atoms with Gasteiger partial charge in [-0.2, -0.15) is 0 Å². The maximum Gasteiger partial charge on any atom is 0.328 e. The molecule has 0 aliphatic carbocycles. The highest BCUT2D eigenvalue weighted by molar-refractivity contribution is 5.87. The fourth-order valence-electron chi connectivity index (χ4n) is 2.10. The van der Waals surface area contributed by atoms with Gasteiger partial charge >= 0.3 is 5.97 Å². The van der Waals surface area contributed by atoms with Crippen LogP contribution >= 0.6 is 0 Å². The van der Waals surface area contributed by atoms with Gasteiger partial charge in [0.2, 0.25) is 5.91 Å². The van der Waals surface area contributed by atoms with Crippen LogP contribution in [0, 0.1) is 5.41 Å². The molecule has 0 bridgehead atoms. The topological polar surface area (TPSA) is 46.6 Å². The molecule has 0 saturated carbocycles. The van der Waals surface area contributed by atoms with Crippen LogP contribution in [0.4, 0.5) is 0 Å². The minimum absolute atomic E-state index is 0.0393. The van der Waals surface area contributed by atoms with Crippen LogP contribution in [-0.2, 0) is 14.3 Å². The summed E-state index contributed by atoms with van der Waals surface area (Å²) in [6.45, 7) is 8.83. The van der Waals surface area contributed by atoms with E-state index >= 15 is 0 Å². The van der Waals surface area contributed by atoms with Crippen molar-refractivity contribution < 1.29 is 14.3 Å². The Balaban J connectivity index is 2.59. The Morgan fingerprint density at radius 3 is 2.56 bits per heavy atom. The number of ether oxygens (including phenoxy) is 1. The first-order valence-corrected chi connectivity index (χ1v) is 6.85. The third kappa shape index (κ3) is 3.72. The first-order chi connectivity index (χ1) is 8.38. The van der Waals surface area contributed by atoms with Gasteiger partial charge in [-0.15, -0.1) is 0 Å². The van der Waals surface area contributed by atoms with Gasteiger partial charge in [-0.1, -0.05) is 34.1 Å². The Bertz CT molecular complexity index is 307. The molecule has 0 aromatic rings. The lowest BCUT2D eigenvalue weighted by Gasteiger charge is -2.29. The number of carbonyl (C=O) groups is 2. The van der Waals surface area contributed by atoms with Crippen LogP contribution in [0.15, 0.2) is 0 Å². The molecule has 0 spiro atoms. The predicted octanol–water partition coefficient (Wildman–Crippen LogP) is 2.37. The molecule has 18 heavy (non-hydrogen) atoms. The SMILES string of the molecule is CCCCOC(=O)C1CCCN1C(=O)C(C)(C)C. The summed E-state index contributed by atoms with van der Waals surface area (Å²) in [4.78, 5) is 25.9. The van der Waals surface area contributed by atoms with Gasteiger partial charge in [0.1, 0.15) is 6.04 Å². The largest absolute Gasteiger partial charge is 0.464 e. The third-order valence-corrected chi connectivity index (χ3v) is 3.17. The second kappa shape index (κ2) is 6.21. The van der Waals surface area contributed by atoms with Crippen molar-refractivity contribution in [1.29, 1.82) is 0 Å². The maximum absolute atomic E-state index is 12.2. The summed E-state index contributed by atoms with van der Waals surface area (Å²) in [5.41, 5.74) is -0.438. The van der Waals surface area contributed by atoms with E-state index in [9.17, 15) is 9.59 Å². The molecule has 4 heteroatoms. The molecule has 1 saturated heterocycles. The lowest BCUT2D eigenvalue weighted by atomic mass is 9.94. The molecule has 0 aromatic heterocycles. The van der Waals surface area contributed by atoms with E-state index < -0.39 is 5.41 Å². The summed E-state index contributed by atoms with van der Waals surface area (Å²) in [7, 11) is 0. The van der Waals surface area contributed by atoms with Gasteiger partial charge in [-0.25, -0.2) is 4.79 Å². The standard InChI is InChI=1S/C14H25NO3/c1-5-6-10-18-12(16)11-8-7-9-15(11)13(17)14(2,3)4/h11H,5-10H2,1-4H3. The van der Waals surface area contributed by atoms with E-state index in [1.165, 1.54) is 0 Å². The fourth-order valence-corrected chi connectivity index (χ4v) is 2.10. The Kier molecular flexibility index (Phi) is 5.17. The number of esters is 1. The molecule has 1 atom stereocenters. The summed E-state index contributed by atoms with van der Waals surface area (Å²) in [5.74, 6) is -0.198. The average Bonchev–Trinajstić information content (AvgIpc) is 2.75. The van der Waals surface area contributed by atoms with E-state index in [1.807, 2.05) is 20.8 Å². The zero-order chi connectivity index (χ0) is 13.8. The first kappa shape index (κ1) is 15.0. The molecule has 4 nitrogen and oxygen atoms in total. The molecule has 1 aliphatic heterocycles. The van der Waals surface area contributed by atoms with Gasteiger partial charge in [0.05, 0.1) is 6.61 Å². The van der Waals surface area contributed by atoms with Crippen LogP contribution in [0.25, 0.3) is 0 Å². The molecule has 1 rings (SSSR count). The second-order valence-electron chi connectivity index (χ2n) is 5.93. The van der Waals surface area contributed by atoms with Gasteiger partial charge in [0.15, 0.2) is 0 Å². The summed E-state index contributed by atoms with van der Waals surface area (Å²) in [5, 5.41) is 0. The molecule has 104 valence electrons. The van der Waals surface area contributed by atoms with Crippen molar-refractivity contribution in [3.63, 3.8) is 0 Å². The van der Waals surface area contributed by atoms with Crippen molar-refractivity contribution in [2.75, 3.05) is 13.2 Å². The van der Waals surface area contributed by atoms with Crippen LogP contribution in [0.5, 0.6) is 0 Å². The van der Waals surface area contributed by atoms with Gasteiger partial charge in [0.25, 0.3) is 0 Å². The van der Waals surface area contributed by atoms with Crippen molar-refractivity contribution in [2.45, 2.75) is 59.4 Å². The molecule has 1 heterocycles. The number of likely N-dealkylation sites (tertiary alicyclic amines) is 1. The Labute approximate surface area is 110 Å². The fraction of sp³-hybridized carbons (Fsp3) is 0.857. The van der Waals surface area contributed by atoms with Crippen LogP contribution < -0.4 is 0 Å². The number of nitrogens with zero attached hydrogens (tertiary/aromatic N) is 1. The molecule has 1 aliphatic rings. The van der Waals surface area contributed by atoms with Crippen molar-refractivity contribution in [3.05, 3.63) is 0 Å². The zero-order valence-electron chi connectivity index (χ0n) is 12.0. The average molecular weight is 255 g/mol. The van der Waals surface area contributed by atoms with E-state index in [0.717, 1.165) is 25.7 Å². The third-order valence-electron chi connectivity index (χ3n) is 3.17. The summed E-state index contributed by atoms with van der Waals surface area (Å²) >= 11 is 0. The van der Waals surface area contributed by atoms with Crippen molar-refractivity contribution in [2.24, 2.45) is 5.41 Å². The monoisotopic (exact) mass is 255 g/mol. The van der Waals surface area contributed by atoms with Gasteiger partial charge in [-0.05, 0) is 19.3 Å². The number of unbranched alkanes of at least 4 members (excludes halogenated alkanes) is 1. The van der Waals surface area contributed by atoms with Crippen molar-refractivity contribution in [3.8, 4) is 0 Å². The van der Waals surface area contributed by atoms with Gasteiger partial charge in [-0.3, -0.25) is 4.79 Å². The molecule has 1 fully saturated rings. The lowest BCUT2D eigenvalue weighted by molar-refractivity contribution is -0.156. The van der Waals surface area contributed by atoms with E-state index in [2.05, 4.69) is 6.92 Å². The summed E-state index contributed by atoms with van der Waals surface area (Å²) in [6, 6.07) is -0.367. The molecule has 0 aromatic carbocycles. The maximum atomic E-state index is 12.2. The Morgan fingerprint density at radius 1 is 1.33 bits per heavy atom. The quantitative estimate of drug-likeness (QED) is 0.572. The highest BCUT2D eigenvalue weighted by Crippen LogP contribution is 2.26. The molecule has 1 amide bonds. The highest BCUT2D eigenvalue weighted by Gasteiger charge is 2.39. The zero-order valence-corrected chi connectivity index (χ0v) is 12.0. The van der Waals surface area contributed by atoms with Crippen molar-refractivity contribution in [1.82, 2.24) is 4.90 Å². The highest BCUT2D eigenvalue weighted by atomic mass is 16.5. The normalized spacial score (nSPS) is 20.0. The Morgan fingerprint density at radius 2 is 2.00 bits per heavy atom. The van der Waals surface area contributed by atoms with E-state index in [4.69, 9.17) is 4.74 Å². The summed E-state index contributed by atoms with van der Waals surface area (Å²) in [6.07, 6.45) is 3.50. The number of hydrogen-bond donors (Lipinski definition) is 0. The molecule has 0 N–H and O–H groups in total. The van der Waals surface area contributed by atoms with E-state index in [0.29, 0.717) is 13.2 Å². The van der Waals surface area contributed by atoms with Crippen LogP contribution in [0.1, 0.15) is 53.4 Å². The number of rotatable bonds is 4. The van der Waals surface area contributed by atoms with Gasteiger partial charge in [0, 0.05) is 12.0 Å². The Hall–Kier alpha value is -1.06. The predicted molar refractivity (Wildman–Crippen MR) is 70.1 cm³/mol. The molecule has 0 radical (unpaired) electrons. The van der Waals surface area contributed by atoms with E-state index in [-0.39, 0.29) is 17.9 Å². The molecule has 1 unspecified atom stereocenters. The minimum Gasteiger partial charge on any atom is -0.464 e. The number of carbonyl (C=O) groups excluding carboxylic acids is 2. The smallest absolute Gasteiger partial charge is 0.328 e.